The molecule has 0 radical (unpaired) electrons. The summed E-state index contributed by atoms with van der Waals surface area (Å²) in [7, 11) is 2.06. The Morgan fingerprint density at radius 3 is 2.83 bits per heavy atom. The molecule has 1 aromatic carbocycles. The fourth-order valence-corrected chi connectivity index (χ4v) is 2.70. The van der Waals surface area contributed by atoms with Crippen molar-refractivity contribution in [2.45, 2.75) is 13.3 Å². The number of aryl methyl sites for hydroxylation is 1. The van der Waals surface area contributed by atoms with Crippen molar-refractivity contribution in [2.24, 2.45) is 0 Å². The lowest BCUT2D eigenvalue weighted by atomic mass is 10.1. The first kappa shape index (κ1) is 15.3. The molecular formula is C17H21N5O. The first-order valence-electron chi connectivity index (χ1n) is 7.81. The van der Waals surface area contributed by atoms with Gasteiger partial charge >= 0.3 is 0 Å². The number of rotatable bonds is 5. The van der Waals surface area contributed by atoms with Crippen molar-refractivity contribution in [1.29, 1.82) is 0 Å². The summed E-state index contributed by atoms with van der Waals surface area (Å²) in [5, 5.41) is 6.19. The van der Waals surface area contributed by atoms with E-state index in [2.05, 4.69) is 44.7 Å². The van der Waals surface area contributed by atoms with Gasteiger partial charge < -0.3 is 15.5 Å². The highest BCUT2D eigenvalue weighted by Gasteiger charge is 2.22. The second kappa shape index (κ2) is 6.64. The minimum atomic E-state index is -0.110. The smallest absolute Gasteiger partial charge is 0.270 e. The molecule has 0 bridgehead atoms. The molecule has 2 heterocycles. The number of anilines is 2. The van der Waals surface area contributed by atoms with Crippen LogP contribution in [0.2, 0.25) is 0 Å². The number of carbonyl (C=O) groups is 1. The molecule has 0 unspecified atom stereocenters. The quantitative estimate of drug-likeness (QED) is 0.878. The second-order valence-corrected chi connectivity index (χ2v) is 5.64. The summed E-state index contributed by atoms with van der Waals surface area (Å²) >= 11 is 0. The lowest BCUT2D eigenvalue weighted by molar-refractivity contribution is 0.0940. The zero-order valence-electron chi connectivity index (χ0n) is 13.5. The van der Waals surface area contributed by atoms with Crippen LogP contribution in [-0.2, 0) is 6.42 Å². The van der Waals surface area contributed by atoms with Gasteiger partial charge in [-0.05, 0) is 25.5 Å². The van der Waals surface area contributed by atoms with E-state index in [0.29, 0.717) is 18.1 Å². The number of likely N-dealkylation sites (N-methyl/N-ethyl adjacent to an activating group) is 1. The maximum Gasteiger partial charge on any atom is 0.270 e. The highest BCUT2D eigenvalue weighted by Crippen LogP contribution is 2.20. The van der Waals surface area contributed by atoms with Crippen molar-refractivity contribution >= 4 is 17.4 Å². The Kier molecular flexibility index (Phi) is 4.41. The summed E-state index contributed by atoms with van der Waals surface area (Å²) in [4.78, 5) is 22.8. The molecule has 1 aliphatic heterocycles. The monoisotopic (exact) mass is 311 g/mol. The van der Waals surface area contributed by atoms with Crippen molar-refractivity contribution in [3.63, 3.8) is 0 Å². The van der Waals surface area contributed by atoms with Crippen LogP contribution < -0.4 is 15.5 Å². The van der Waals surface area contributed by atoms with Crippen LogP contribution in [0.4, 0.5) is 11.5 Å². The molecule has 3 rings (SSSR count). The first-order chi connectivity index (χ1) is 11.1. The summed E-state index contributed by atoms with van der Waals surface area (Å²) in [6, 6.07) is 10.2. The number of amides is 1. The first-order valence-corrected chi connectivity index (χ1v) is 7.81. The van der Waals surface area contributed by atoms with Gasteiger partial charge in [0.15, 0.2) is 0 Å². The fraction of sp³-hybridized carbons (Fsp3) is 0.353. The lowest BCUT2D eigenvalue weighted by Gasteiger charge is -2.22. The molecule has 1 aliphatic rings. The van der Waals surface area contributed by atoms with E-state index in [1.807, 2.05) is 25.1 Å². The third-order valence-electron chi connectivity index (χ3n) is 3.93. The zero-order chi connectivity index (χ0) is 16.2. The van der Waals surface area contributed by atoms with Crippen molar-refractivity contribution in [1.82, 2.24) is 15.3 Å². The van der Waals surface area contributed by atoms with Crippen molar-refractivity contribution in [3.8, 4) is 0 Å². The third-order valence-corrected chi connectivity index (χ3v) is 3.93. The molecule has 0 fully saturated rings. The molecule has 120 valence electrons. The second-order valence-electron chi connectivity index (χ2n) is 5.64. The molecule has 0 spiro atoms. The summed E-state index contributed by atoms with van der Waals surface area (Å²) in [5.41, 5.74) is 2.60. The van der Waals surface area contributed by atoms with E-state index in [4.69, 9.17) is 0 Å². The van der Waals surface area contributed by atoms with E-state index < -0.39 is 0 Å². The topological polar surface area (TPSA) is 70.2 Å². The number of para-hydroxylation sites is 1. The Bertz CT molecular complexity index is 702. The van der Waals surface area contributed by atoms with Gasteiger partial charge in [-0.3, -0.25) is 4.79 Å². The Morgan fingerprint density at radius 1 is 1.26 bits per heavy atom. The fourth-order valence-electron chi connectivity index (χ4n) is 2.70. The van der Waals surface area contributed by atoms with Gasteiger partial charge in [0, 0.05) is 37.9 Å². The number of hydrogen-bond acceptors (Lipinski definition) is 5. The summed E-state index contributed by atoms with van der Waals surface area (Å²) in [6.07, 6.45) is 0.762. The van der Waals surface area contributed by atoms with Crippen LogP contribution in [0, 0.1) is 6.92 Å². The van der Waals surface area contributed by atoms with E-state index in [0.717, 1.165) is 30.9 Å². The summed E-state index contributed by atoms with van der Waals surface area (Å²) in [6.45, 7) is 4.03. The minimum Gasteiger partial charge on any atom is -0.373 e. The van der Waals surface area contributed by atoms with Gasteiger partial charge in [0.1, 0.15) is 17.3 Å². The van der Waals surface area contributed by atoms with Crippen LogP contribution in [0.3, 0.4) is 0 Å². The van der Waals surface area contributed by atoms with Crippen LogP contribution in [0.25, 0.3) is 0 Å². The van der Waals surface area contributed by atoms with Gasteiger partial charge in [-0.2, -0.15) is 0 Å². The third kappa shape index (κ3) is 3.41. The zero-order valence-corrected chi connectivity index (χ0v) is 13.5. The predicted molar refractivity (Wildman–Crippen MR) is 91.0 cm³/mol. The minimum absolute atomic E-state index is 0.110. The van der Waals surface area contributed by atoms with Crippen LogP contribution in [0.1, 0.15) is 21.9 Å². The highest BCUT2D eigenvalue weighted by molar-refractivity contribution is 5.95. The van der Waals surface area contributed by atoms with Gasteiger partial charge in [-0.25, -0.2) is 9.97 Å². The molecule has 6 nitrogen and oxygen atoms in total. The maximum atomic E-state index is 11.9. The van der Waals surface area contributed by atoms with Crippen LogP contribution >= 0.6 is 0 Å². The highest BCUT2D eigenvalue weighted by atomic mass is 16.1. The molecule has 1 amide bonds. The van der Waals surface area contributed by atoms with Gasteiger partial charge in [0.25, 0.3) is 5.91 Å². The van der Waals surface area contributed by atoms with Crippen LogP contribution in [-0.4, -0.2) is 42.6 Å². The molecular weight excluding hydrogens is 290 g/mol. The number of nitrogens with zero attached hydrogens (tertiary/aromatic N) is 3. The molecule has 0 saturated carbocycles. The average Bonchev–Trinajstić information content (AvgIpc) is 2.56. The number of benzene rings is 1. The number of aromatic nitrogens is 2. The Labute approximate surface area is 135 Å². The van der Waals surface area contributed by atoms with Gasteiger partial charge in [-0.1, -0.05) is 18.2 Å². The maximum absolute atomic E-state index is 11.9. The number of fused-ring (bicyclic) bond motifs is 1. The predicted octanol–water partition coefficient (Wildman–Crippen LogP) is 1.62. The molecule has 23 heavy (non-hydrogen) atoms. The number of carbonyl (C=O) groups excluding carboxylic acids is 1. The van der Waals surface area contributed by atoms with Crippen LogP contribution in [0.5, 0.6) is 0 Å². The van der Waals surface area contributed by atoms with Crippen molar-refractivity contribution in [2.75, 3.05) is 36.9 Å². The Morgan fingerprint density at radius 2 is 2.04 bits per heavy atom. The normalized spacial score (nSPS) is 13.2. The Balaban J connectivity index is 1.68. The molecule has 0 atom stereocenters. The van der Waals surface area contributed by atoms with Crippen molar-refractivity contribution in [3.05, 3.63) is 47.4 Å². The molecule has 0 saturated heterocycles. The standard InChI is InChI=1S/C17H21N5O/c1-12-20-15-14(8-9-19-17(15)23)16(21-12)18-10-11-22(2)13-6-4-3-5-7-13/h3-7H,8-11H2,1-2H3,(H,19,23)(H,18,20,21). The lowest BCUT2D eigenvalue weighted by Crippen LogP contribution is -2.34. The molecule has 0 aliphatic carbocycles. The number of hydrogen-bond donors (Lipinski definition) is 2. The van der Waals surface area contributed by atoms with E-state index in [9.17, 15) is 4.79 Å². The van der Waals surface area contributed by atoms with Gasteiger partial charge in [0.05, 0.1) is 0 Å². The van der Waals surface area contributed by atoms with Crippen LogP contribution in [0.15, 0.2) is 30.3 Å². The van der Waals surface area contributed by atoms with Gasteiger partial charge in [-0.15, -0.1) is 0 Å². The van der Waals surface area contributed by atoms with E-state index >= 15 is 0 Å². The van der Waals surface area contributed by atoms with E-state index in [1.165, 1.54) is 5.69 Å². The summed E-state index contributed by atoms with van der Waals surface area (Å²) < 4.78 is 0. The Hall–Kier alpha value is -2.63. The van der Waals surface area contributed by atoms with E-state index in [1.54, 1.807) is 0 Å². The SMILES string of the molecule is Cc1nc(NCCN(C)c2ccccc2)c2c(n1)C(=O)NCC2. The van der Waals surface area contributed by atoms with Crippen molar-refractivity contribution < 1.29 is 4.79 Å². The number of nitrogens with one attached hydrogen (secondary N) is 2. The molecule has 2 aromatic rings. The van der Waals surface area contributed by atoms with Gasteiger partial charge in [0.2, 0.25) is 0 Å². The molecule has 6 heteroatoms. The largest absolute Gasteiger partial charge is 0.373 e. The average molecular weight is 311 g/mol. The summed E-state index contributed by atoms with van der Waals surface area (Å²) in [5.74, 6) is 1.28. The van der Waals surface area contributed by atoms with E-state index in [-0.39, 0.29) is 5.91 Å². The molecule has 1 aromatic heterocycles. The molecule has 2 N–H and O–H groups in total.